The number of thiazole rings is 1. The summed E-state index contributed by atoms with van der Waals surface area (Å²) in [4.78, 5) is 18.8. The van der Waals surface area contributed by atoms with E-state index >= 15 is 0 Å². The molecule has 2 bridgehead atoms. The number of aromatic nitrogens is 1. The van der Waals surface area contributed by atoms with E-state index in [1.807, 2.05) is 30.3 Å². The Morgan fingerprint density at radius 2 is 2.29 bits per heavy atom. The fraction of sp³-hybridized carbons (Fsp3) is 0.524. The molecule has 0 unspecified atom stereocenters. The Bertz CT molecular complexity index is 816. The molecule has 4 heterocycles. The van der Waals surface area contributed by atoms with Crippen molar-refractivity contribution in [2.75, 3.05) is 32.8 Å². The van der Waals surface area contributed by atoms with Crippen molar-refractivity contribution in [3.8, 4) is 5.75 Å². The fourth-order valence-corrected chi connectivity index (χ4v) is 5.70. The summed E-state index contributed by atoms with van der Waals surface area (Å²) >= 11 is 1.44. The number of hydrogen-bond donors (Lipinski definition) is 1. The highest BCUT2D eigenvalue weighted by molar-refractivity contribution is 7.07. The van der Waals surface area contributed by atoms with E-state index in [2.05, 4.69) is 15.2 Å². The lowest BCUT2D eigenvalue weighted by atomic mass is 9.73. The first-order valence-electron chi connectivity index (χ1n) is 9.98. The van der Waals surface area contributed by atoms with Gasteiger partial charge in [0.15, 0.2) is 0 Å². The summed E-state index contributed by atoms with van der Waals surface area (Å²) in [7, 11) is 0. The summed E-state index contributed by atoms with van der Waals surface area (Å²) in [6.07, 6.45) is 2.51. The van der Waals surface area contributed by atoms with Crippen LogP contribution in [0.4, 0.5) is 0 Å². The monoisotopic (exact) mass is 399 g/mol. The average Bonchev–Trinajstić information content (AvgIpc) is 3.48. The van der Waals surface area contributed by atoms with Gasteiger partial charge in [0.1, 0.15) is 18.1 Å². The molecule has 1 spiro atoms. The normalized spacial score (nSPS) is 31.1. The minimum absolute atomic E-state index is 0.0204. The number of hydrogen-bond acceptors (Lipinski definition) is 6. The van der Waals surface area contributed by atoms with Crippen LogP contribution in [-0.4, -0.2) is 60.3 Å². The number of amides is 1. The number of carbonyl (C=O) groups is 1. The standard InChI is InChI=1S/C21H25N3O3S/c25-20(18-12-28-14-23-18)22-10-16-17-11-24(13-21(17)7-6-19(16)27-21)8-9-26-15-4-2-1-3-5-15/h1-5,12,14,16-17,19H,6-11,13H2,(H,22,25)/t16-,17+,19+,21+/m0/s1. The highest BCUT2D eigenvalue weighted by Gasteiger charge is 2.62. The number of rotatable bonds is 7. The molecule has 3 aliphatic rings. The van der Waals surface area contributed by atoms with Crippen molar-refractivity contribution in [3.05, 3.63) is 46.9 Å². The summed E-state index contributed by atoms with van der Waals surface area (Å²) in [5.41, 5.74) is 2.18. The molecule has 1 aromatic carbocycles. The lowest BCUT2D eigenvalue weighted by molar-refractivity contribution is 0.00197. The van der Waals surface area contributed by atoms with E-state index < -0.39 is 0 Å². The minimum Gasteiger partial charge on any atom is -0.492 e. The Kier molecular flexibility index (Phi) is 4.82. The first-order valence-corrected chi connectivity index (χ1v) is 10.9. The van der Waals surface area contributed by atoms with E-state index in [9.17, 15) is 4.79 Å². The zero-order valence-corrected chi connectivity index (χ0v) is 16.6. The van der Waals surface area contributed by atoms with E-state index in [0.29, 0.717) is 30.7 Å². The topological polar surface area (TPSA) is 63.7 Å². The zero-order chi connectivity index (χ0) is 19.0. The Morgan fingerprint density at radius 3 is 3.11 bits per heavy atom. The molecule has 0 radical (unpaired) electrons. The summed E-state index contributed by atoms with van der Waals surface area (Å²) in [5, 5.41) is 4.87. The van der Waals surface area contributed by atoms with Crippen molar-refractivity contribution in [2.24, 2.45) is 11.8 Å². The fourth-order valence-electron chi connectivity index (χ4n) is 5.17. The molecule has 7 heteroatoms. The second-order valence-electron chi connectivity index (χ2n) is 8.01. The molecule has 3 fully saturated rings. The van der Waals surface area contributed by atoms with Gasteiger partial charge in [-0.05, 0) is 25.0 Å². The molecule has 1 aromatic heterocycles. The number of fused-ring (bicyclic) bond motifs is 1. The molecule has 0 aliphatic carbocycles. The molecule has 3 aliphatic heterocycles. The van der Waals surface area contributed by atoms with Gasteiger partial charge in [-0.3, -0.25) is 9.69 Å². The largest absolute Gasteiger partial charge is 0.492 e. The van der Waals surface area contributed by atoms with Crippen molar-refractivity contribution in [3.63, 3.8) is 0 Å². The number of nitrogens with one attached hydrogen (secondary N) is 1. The number of para-hydroxylation sites is 1. The van der Waals surface area contributed by atoms with Gasteiger partial charge >= 0.3 is 0 Å². The summed E-state index contributed by atoms with van der Waals surface area (Å²) in [6, 6.07) is 9.96. The molecule has 1 N–H and O–H groups in total. The first kappa shape index (κ1) is 18.1. The maximum Gasteiger partial charge on any atom is 0.270 e. The molecule has 1 amide bonds. The number of carbonyl (C=O) groups excluding carboxylic acids is 1. The Hall–Kier alpha value is -1.96. The number of likely N-dealkylation sites (tertiary alicyclic amines) is 1. The van der Waals surface area contributed by atoms with E-state index in [1.165, 1.54) is 11.3 Å². The van der Waals surface area contributed by atoms with Crippen LogP contribution >= 0.6 is 11.3 Å². The van der Waals surface area contributed by atoms with Crippen LogP contribution in [0.25, 0.3) is 0 Å². The highest BCUT2D eigenvalue weighted by atomic mass is 32.1. The molecule has 148 valence electrons. The quantitative estimate of drug-likeness (QED) is 0.775. The van der Waals surface area contributed by atoms with Crippen LogP contribution in [0, 0.1) is 11.8 Å². The molecule has 2 aromatic rings. The van der Waals surface area contributed by atoms with Crippen molar-refractivity contribution >= 4 is 17.2 Å². The van der Waals surface area contributed by atoms with Crippen molar-refractivity contribution in [2.45, 2.75) is 24.5 Å². The van der Waals surface area contributed by atoms with Crippen LogP contribution in [0.1, 0.15) is 23.3 Å². The van der Waals surface area contributed by atoms with Crippen molar-refractivity contribution < 1.29 is 14.3 Å². The van der Waals surface area contributed by atoms with Crippen molar-refractivity contribution in [1.82, 2.24) is 15.2 Å². The molecule has 0 saturated carbocycles. The lowest BCUT2D eigenvalue weighted by Gasteiger charge is -2.29. The number of benzene rings is 1. The van der Waals surface area contributed by atoms with E-state index in [4.69, 9.17) is 9.47 Å². The Morgan fingerprint density at radius 1 is 1.39 bits per heavy atom. The summed E-state index contributed by atoms with van der Waals surface area (Å²) in [5.74, 6) is 1.71. The van der Waals surface area contributed by atoms with E-state index in [-0.39, 0.29) is 17.6 Å². The molecular formula is C21H25N3O3S. The molecule has 6 nitrogen and oxygen atoms in total. The molecular weight excluding hydrogens is 374 g/mol. The maximum atomic E-state index is 12.3. The van der Waals surface area contributed by atoms with Gasteiger partial charge in [-0.2, -0.15) is 0 Å². The average molecular weight is 400 g/mol. The van der Waals surface area contributed by atoms with Crippen LogP contribution in [0.3, 0.4) is 0 Å². The van der Waals surface area contributed by atoms with Gasteiger partial charge in [0.05, 0.1) is 17.2 Å². The maximum absolute atomic E-state index is 12.3. The SMILES string of the molecule is O=C(NC[C@H]1[C@H]2CN(CCOc3ccccc3)C[C@]23CC[C@H]1O3)c1cscn1. The second-order valence-corrected chi connectivity index (χ2v) is 8.73. The highest BCUT2D eigenvalue weighted by Crippen LogP contribution is 2.54. The third kappa shape index (κ3) is 3.32. The van der Waals surface area contributed by atoms with Crippen LogP contribution in [0.5, 0.6) is 5.75 Å². The lowest BCUT2D eigenvalue weighted by Crippen LogP contribution is -2.42. The smallest absolute Gasteiger partial charge is 0.270 e. The van der Waals surface area contributed by atoms with Crippen LogP contribution in [-0.2, 0) is 4.74 Å². The van der Waals surface area contributed by atoms with E-state index in [0.717, 1.165) is 38.2 Å². The van der Waals surface area contributed by atoms with Crippen molar-refractivity contribution in [1.29, 1.82) is 0 Å². The minimum atomic E-state index is -0.0795. The van der Waals surface area contributed by atoms with Gasteiger partial charge in [0, 0.05) is 43.4 Å². The summed E-state index contributed by atoms with van der Waals surface area (Å²) in [6.45, 7) is 4.25. The molecule has 4 atom stereocenters. The third-order valence-corrected chi connectivity index (χ3v) is 7.02. The third-order valence-electron chi connectivity index (χ3n) is 6.44. The zero-order valence-electron chi connectivity index (χ0n) is 15.8. The number of nitrogens with zero attached hydrogens (tertiary/aromatic N) is 2. The van der Waals surface area contributed by atoms with Gasteiger partial charge in [0.2, 0.25) is 0 Å². The predicted octanol–water partition coefficient (Wildman–Crippen LogP) is 2.43. The van der Waals surface area contributed by atoms with Gasteiger partial charge in [-0.1, -0.05) is 18.2 Å². The van der Waals surface area contributed by atoms with Crippen LogP contribution in [0.15, 0.2) is 41.2 Å². The van der Waals surface area contributed by atoms with Gasteiger partial charge < -0.3 is 14.8 Å². The molecule has 5 rings (SSSR count). The van der Waals surface area contributed by atoms with Gasteiger partial charge in [-0.25, -0.2) is 4.98 Å². The molecule has 28 heavy (non-hydrogen) atoms. The number of ether oxygens (including phenoxy) is 2. The molecule has 3 saturated heterocycles. The summed E-state index contributed by atoms with van der Waals surface area (Å²) < 4.78 is 12.3. The predicted molar refractivity (Wildman–Crippen MR) is 107 cm³/mol. The Balaban J connectivity index is 1.16. The second kappa shape index (κ2) is 7.46. The van der Waals surface area contributed by atoms with Gasteiger partial charge in [-0.15, -0.1) is 11.3 Å². The first-order chi connectivity index (χ1) is 13.7. The van der Waals surface area contributed by atoms with Gasteiger partial charge in [0.25, 0.3) is 5.91 Å². The van der Waals surface area contributed by atoms with Crippen LogP contribution in [0.2, 0.25) is 0 Å². The van der Waals surface area contributed by atoms with E-state index in [1.54, 1.807) is 10.9 Å². The Labute approximate surface area is 168 Å². The van der Waals surface area contributed by atoms with Crippen LogP contribution < -0.4 is 10.1 Å².